The molecular weight excluding hydrogens is 284 g/mol. The lowest BCUT2D eigenvalue weighted by Gasteiger charge is -2.04. The topological polar surface area (TPSA) is 41.5 Å². The summed E-state index contributed by atoms with van der Waals surface area (Å²) in [5.41, 5.74) is 6.39. The molecule has 0 aliphatic rings. The number of benzene rings is 2. The number of hydrogen-bond acceptors (Lipinski definition) is 2. The fraction of sp³-hybridized carbons (Fsp3) is 0.176. The molecule has 0 spiro atoms. The van der Waals surface area contributed by atoms with Gasteiger partial charge >= 0.3 is 0 Å². The molecule has 0 aliphatic heterocycles. The zero-order valence-corrected chi connectivity index (χ0v) is 12.8. The van der Waals surface area contributed by atoms with E-state index >= 15 is 0 Å². The van der Waals surface area contributed by atoms with Gasteiger partial charge in [0.05, 0.1) is 12.1 Å². The Morgan fingerprint density at radius 2 is 1.71 bits per heavy atom. The third kappa shape index (κ3) is 4.72. The Hall–Kier alpha value is -2.13. The van der Waals surface area contributed by atoms with E-state index in [1.165, 1.54) is 5.56 Å². The Labute approximate surface area is 129 Å². The highest BCUT2D eigenvalue weighted by molar-refractivity contribution is 6.30. The van der Waals surface area contributed by atoms with E-state index in [1.807, 2.05) is 50.2 Å². The van der Waals surface area contributed by atoms with Crippen molar-refractivity contribution in [3.63, 3.8) is 0 Å². The van der Waals surface area contributed by atoms with Gasteiger partial charge in [0.25, 0.3) is 0 Å². The minimum atomic E-state index is -0.132. The van der Waals surface area contributed by atoms with Gasteiger partial charge < -0.3 is 0 Å². The molecule has 108 valence electrons. The Morgan fingerprint density at radius 3 is 2.33 bits per heavy atom. The zero-order chi connectivity index (χ0) is 15.2. The van der Waals surface area contributed by atoms with Gasteiger partial charge in [0.2, 0.25) is 5.91 Å². The second-order valence-corrected chi connectivity index (χ2v) is 5.34. The third-order valence-electron chi connectivity index (χ3n) is 3.10. The average Bonchev–Trinajstić information content (AvgIpc) is 2.48. The van der Waals surface area contributed by atoms with Gasteiger partial charge in [-0.25, -0.2) is 5.43 Å². The molecule has 0 unspecified atom stereocenters. The molecule has 2 aromatic rings. The van der Waals surface area contributed by atoms with Crippen LogP contribution < -0.4 is 5.43 Å². The molecule has 0 bridgehead atoms. The van der Waals surface area contributed by atoms with Crippen molar-refractivity contribution in [2.24, 2.45) is 5.10 Å². The van der Waals surface area contributed by atoms with Crippen molar-refractivity contribution < 1.29 is 4.79 Å². The van der Waals surface area contributed by atoms with Gasteiger partial charge in [0.1, 0.15) is 0 Å². The summed E-state index contributed by atoms with van der Waals surface area (Å²) in [7, 11) is 0. The van der Waals surface area contributed by atoms with Crippen LogP contribution in [-0.2, 0) is 11.2 Å². The van der Waals surface area contributed by atoms with E-state index in [-0.39, 0.29) is 5.91 Å². The van der Waals surface area contributed by atoms with Gasteiger partial charge in [-0.3, -0.25) is 4.79 Å². The lowest BCUT2D eigenvalue weighted by molar-refractivity contribution is -0.120. The normalized spacial score (nSPS) is 11.3. The fourth-order valence-electron chi connectivity index (χ4n) is 1.83. The molecule has 21 heavy (non-hydrogen) atoms. The van der Waals surface area contributed by atoms with E-state index in [1.54, 1.807) is 12.1 Å². The van der Waals surface area contributed by atoms with Crippen molar-refractivity contribution in [3.8, 4) is 0 Å². The van der Waals surface area contributed by atoms with Crippen molar-refractivity contribution in [1.82, 2.24) is 5.43 Å². The molecule has 2 rings (SSSR count). The Balaban J connectivity index is 1.94. The summed E-state index contributed by atoms with van der Waals surface area (Å²) in [5, 5.41) is 4.79. The van der Waals surface area contributed by atoms with Gasteiger partial charge in [-0.05, 0) is 37.1 Å². The standard InChI is InChI=1S/C17H17ClN2O/c1-12-3-5-14(6-4-12)11-17(21)20-19-13(2)15-7-9-16(18)10-8-15/h3-10H,11H2,1-2H3,(H,20,21)/b19-13-. The van der Waals surface area contributed by atoms with Gasteiger partial charge in [-0.2, -0.15) is 5.10 Å². The van der Waals surface area contributed by atoms with E-state index in [0.717, 1.165) is 16.8 Å². The first-order valence-corrected chi connectivity index (χ1v) is 7.07. The molecule has 4 heteroatoms. The summed E-state index contributed by atoms with van der Waals surface area (Å²) >= 11 is 5.84. The number of carbonyl (C=O) groups excluding carboxylic acids is 1. The predicted molar refractivity (Wildman–Crippen MR) is 86.7 cm³/mol. The summed E-state index contributed by atoms with van der Waals surface area (Å²) in [6.07, 6.45) is 0.317. The molecule has 1 N–H and O–H groups in total. The SMILES string of the molecule is C/C(=N/NC(=O)Cc1ccc(C)cc1)c1ccc(Cl)cc1. The zero-order valence-electron chi connectivity index (χ0n) is 12.1. The molecule has 0 radical (unpaired) electrons. The van der Waals surface area contributed by atoms with Gasteiger partial charge in [-0.15, -0.1) is 0 Å². The van der Waals surface area contributed by atoms with E-state index in [0.29, 0.717) is 11.4 Å². The first-order valence-electron chi connectivity index (χ1n) is 6.69. The monoisotopic (exact) mass is 300 g/mol. The van der Waals surface area contributed by atoms with E-state index < -0.39 is 0 Å². The summed E-state index contributed by atoms with van der Waals surface area (Å²) in [5.74, 6) is -0.132. The van der Waals surface area contributed by atoms with Crippen LogP contribution in [-0.4, -0.2) is 11.6 Å². The highest BCUT2D eigenvalue weighted by Gasteiger charge is 2.03. The van der Waals surface area contributed by atoms with Crippen LogP contribution in [0.2, 0.25) is 5.02 Å². The van der Waals surface area contributed by atoms with Crippen LogP contribution in [0.15, 0.2) is 53.6 Å². The van der Waals surface area contributed by atoms with Crippen LogP contribution in [0.25, 0.3) is 0 Å². The third-order valence-corrected chi connectivity index (χ3v) is 3.35. The number of hydrazone groups is 1. The molecule has 0 heterocycles. The molecule has 0 aliphatic carbocycles. The smallest absolute Gasteiger partial charge is 0.244 e. The number of hydrogen-bond donors (Lipinski definition) is 1. The van der Waals surface area contributed by atoms with Crippen LogP contribution >= 0.6 is 11.6 Å². The van der Waals surface area contributed by atoms with E-state index in [2.05, 4.69) is 10.5 Å². The average molecular weight is 301 g/mol. The Morgan fingerprint density at radius 1 is 1.10 bits per heavy atom. The highest BCUT2D eigenvalue weighted by atomic mass is 35.5. The molecule has 1 amide bonds. The molecule has 0 aromatic heterocycles. The molecule has 0 atom stereocenters. The molecular formula is C17H17ClN2O. The van der Waals surface area contributed by atoms with Crippen LogP contribution in [0, 0.1) is 6.92 Å². The highest BCUT2D eigenvalue weighted by Crippen LogP contribution is 2.10. The van der Waals surface area contributed by atoms with Crippen molar-refractivity contribution >= 4 is 23.2 Å². The second-order valence-electron chi connectivity index (χ2n) is 4.90. The summed E-state index contributed by atoms with van der Waals surface area (Å²) in [4.78, 5) is 11.8. The lowest BCUT2D eigenvalue weighted by atomic mass is 10.1. The maximum absolute atomic E-state index is 11.8. The Kier molecular flexibility index (Phi) is 5.12. The van der Waals surface area contributed by atoms with Gasteiger partial charge in [0, 0.05) is 5.02 Å². The first kappa shape index (κ1) is 15.3. The predicted octanol–water partition coefficient (Wildman–Crippen LogP) is 3.73. The molecule has 0 fully saturated rings. The lowest BCUT2D eigenvalue weighted by Crippen LogP contribution is -2.21. The van der Waals surface area contributed by atoms with Gasteiger partial charge in [0.15, 0.2) is 0 Å². The number of rotatable bonds is 4. The second kappa shape index (κ2) is 7.04. The molecule has 2 aromatic carbocycles. The Bertz CT molecular complexity index is 645. The van der Waals surface area contributed by atoms with Crippen molar-refractivity contribution in [3.05, 3.63) is 70.2 Å². The quantitative estimate of drug-likeness (QED) is 0.678. The number of halogens is 1. The first-order chi connectivity index (χ1) is 10.0. The summed E-state index contributed by atoms with van der Waals surface area (Å²) < 4.78 is 0. The maximum atomic E-state index is 11.8. The fourth-order valence-corrected chi connectivity index (χ4v) is 1.96. The van der Waals surface area contributed by atoms with Crippen molar-refractivity contribution in [2.45, 2.75) is 20.3 Å². The molecule has 3 nitrogen and oxygen atoms in total. The number of nitrogens with zero attached hydrogens (tertiary/aromatic N) is 1. The molecule has 0 saturated carbocycles. The minimum Gasteiger partial charge on any atom is -0.273 e. The number of nitrogens with one attached hydrogen (secondary N) is 1. The minimum absolute atomic E-state index is 0.132. The summed E-state index contributed by atoms with van der Waals surface area (Å²) in [6.45, 7) is 3.86. The van der Waals surface area contributed by atoms with Crippen molar-refractivity contribution in [1.29, 1.82) is 0 Å². The number of amides is 1. The molecule has 0 saturated heterocycles. The van der Waals surface area contributed by atoms with Crippen LogP contribution in [0.5, 0.6) is 0 Å². The number of aryl methyl sites for hydroxylation is 1. The van der Waals surface area contributed by atoms with E-state index in [9.17, 15) is 4.79 Å². The van der Waals surface area contributed by atoms with Crippen LogP contribution in [0.4, 0.5) is 0 Å². The maximum Gasteiger partial charge on any atom is 0.244 e. The number of carbonyl (C=O) groups is 1. The van der Waals surface area contributed by atoms with Crippen LogP contribution in [0.1, 0.15) is 23.6 Å². The van der Waals surface area contributed by atoms with Crippen molar-refractivity contribution in [2.75, 3.05) is 0 Å². The summed E-state index contributed by atoms with van der Waals surface area (Å²) in [6, 6.07) is 15.2. The van der Waals surface area contributed by atoms with Crippen LogP contribution in [0.3, 0.4) is 0 Å². The largest absolute Gasteiger partial charge is 0.273 e. The van der Waals surface area contributed by atoms with Gasteiger partial charge in [-0.1, -0.05) is 53.6 Å². The van der Waals surface area contributed by atoms with E-state index in [4.69, 9.17) is 11.6 Å².